The van der Waals surface area contributed by atoms with Crippen LogP contribution >= 0.6 is 0 Å². The minimum Gasteiger partial charge on any atom is -0.489 e. The first kappa shape index (κ1) is 15.2. The number of carbonyl (C=O) groups excluding carboxylic acids is 2. The Labute approximate surface area is 124 Å². The number of nitrogens with one attached hydrogen (secondary N) is 3. The third kappa shape index (κ3) is 3.65. The molecule has 6 nitrogen and oxygen atoms in total. The van der Waals surface area contributed by atoms with Crippen molar-refractivity contribution >= 4 is 17.5 Å². The SMILES string of the molecule is CC(C)NC(=O)C(C)NC(=O)c1cccc2c1OCCN2. The topological polar surface area (TPSA) is 79.5 Å². The summed E-state index contributed by atoms with van der Waals surface area (Å²) < 4.78 is 5.56. The zero-order chi connectivity index (χ0) is 15.4. The second-order valence-corrected chi connectivity index (χ2v) is 5.32. The molecule has 0 saturated heterocycles. The minimum absolute atomic E-state index is 0.0360. The predicted octanol–water partition coefficient (Wildman–Crippen LogP) is 1.13. The molecule has 2 amide bonds. The second-order valence-electron chi connectivity index (χ2n) is 5.32. The molecular formula is C15H21N3O3. The van der Waals surface area contributed by atoms with E-state index in [0.717, 1.165) is 5.69 Å². The van der Waals surface area contributed by atoms with Crippen molar-refractivity contribution in [3.8, 4) is 5.75 Å². The van der Waals surface area contributed by atoms with Crippen molar-refractivity contribution in [3.63, 3.8) is 0 Å². The molecule has 2 rings (SSSR count). The Kier molecular flexibility index (Phi) is 4.67. The van der Waals surface area contributed by atoms with Crippen LogP contribution in [0.15, 0.2) is 18.2 Å². The average molecular weight is 291 g/mol. The molecule has 0 aromatic heterocycles. The molecule has 1 atom stereocenters. The molecule has 1 aromatic rings. The van der Waals surface area contributed by atoms with Gasteiger partial charge in [-0.3, -0.25) is 9.59 Å². The lowest BCUT2D eigenvalue weighted by Crippen LogP contribution is -2.46. The zero-order valence-electron chi connectivity index (χ0n) is 12.5. The Morgan fingerprint density at radius 1 is 1.24 bits per heavy atom. The molecular weight excluding hydrogens is 270 g/mol. The number of hydrogen-bond acceptors (Lipinski definition) is 4. The van der Waals surface area contributed by atoms with Crippen LogP contribution in [0.1, 0.15) is 31.1 Å². The van der Waals surface area contributed by atoms with Crippen LogP contribution in [0.4, 0.5) is 5.69 Å². The van der Waals surface area contributed by atoms with Crippen LogP contribution in [0.25, 0.3) is 0 Å². The molecule has 1 heterocycles. The highest BCUT2D eigenvalue weighted by Crippen LogP contribution is 2.31. The van der Waals surface area contributed by atoms with Gasteiger partial charge in [-0.2, -0.15) is 0 Å². The van der Waals surface area contributed by atoms with Gasteiger partial charge in [0.05, 0.1) is 11.3 Å². The molecule has 0 spiro atoms. The summed E-state index contributed by atoms with van der Waals surface area (Å²) in [6.45, 7) is 6.63. The van der Waals surface area contributed by atoms with Crippen molar-refractivity contribution in [2.24, 2.45) is 0 Å². The van der Waals surface area contributed by atoms with Gasteiger partial charge in [0.1, 0.15) is 12.6 Å². The van der Waals surface area contributed by atoms with Crippen molar-refractivity contribution in [3.05, 3.63) is 23.8 Å². The first-order valence-electron chi connectivity index (χ1n) is 7.10. The van der Waals surface area contributed by atoms with Gasteiger partial charge < -0.3 is 20.7 Å². The maximum Gasteiger partial charge on any atom is 0.255 e. The van der Waals surface area contributed by atoms with E-state index < -0.39 is 6.04 Å². The molecule has 114 valence electrons. The van der Waals surface area contributed by atoms with E-state index in [4.69, 9.17) is 4.74 Å². The molecule has 21 heavy (non-hydrogen) atoms. The van der Waals surface area contributed by atoms with Gasteiger partial charge in [-0.25, -0.2) is 0 Å². The van der Waals surface area contributed by atoms with Crippen LogP contribution in [-0.2, 0) is 4.79 Å². The number of benzene rings is 1. The fraction of sp³-hybridized carbons (Fsp3) is 0.467. The lowest BCUT2D eigenvalue weighted by atomic mass is 10.1. The van der Waals surface area contributed by atoms with Crippen molar-refractivity contribution in [2.45, 2.75) is 32.9 Å². The minimum atomic E-state index is -0.604. The third-order valence-corrected chi connectivity index (χ3v) is 3.10. The Morgan fingerprint density at radius 3 is 2.71 bits per heavy atom. The lowest BCUT2D eigenvalue weighted by Gasteiger charge is -2.22. The number of amides is 2. The number of hydrogen-bond donors (Lipinski definition) is 3. The van der Waals surface area contributed by atoms with E-state index in [1.54, 1.807) is 19.1 Å². The standard InChI is InChI=1S/C15H21N3O3/c1-9(2)17-14(19)10(3)18-15(20)11-5-4-6-12-13(11)21-8-7-16-12/h4-6,9-10,16H,7-8H2,1-3H3,(H,17,19)(H,18,20). The molecule has 0 bridgehead atoms. The summed E-state index contributed by atoms with van der Waals surface area (Å²) in [5.74, 6) is 0.0156. The van der Waals surface area contributed by atoms with Gasteiger partial charge in [-0.1, -0.05) is 6.07 Å². The van der Waals surface area contributed by atoms with E-state index in [1.807, 2.05) is 19.9 Å². The summed E-state index contributed by atoms with van der Waals surface area (Å²) in [6, 6.07) is 4.77. The maximum absolute atomic E-state index is 12.3. The number of rotatable bonds is 4. The van der Waals surface area contributed by atoms with E-state index in [2.05, 4.69) is 16.0 Å². The Bertz CT molecular complexity index is 543. The Morgan fingerprint density at radius 2 is 2.00 bits per heavy atom. The predicted molar refractivity (Wildman–Crippen MR) is 80.6 cm³/mol. The van der Waals surface area contributed by atoms with Crippen LogP contribution in [0, 0.1) is 0 Å². The first-order chi connectivity index (χ1) is 9.99. The molecule has 0 radical (unpaired) electrons. The van der Waals surface area contributed by atoms with Crippen LogP contribution in [0.2, 0.25) is 0 Å². The number of carbonyl (C=O) groups is 2. The molecule has 3 N–H and O–H groups in total. The van der Waals surface area contributed by atoms with E-state index in [0.29, 0.717) is 24.5 Å². The molecule has 1 unspecified atom stereocenters. The number of anilines is 1. The quantitative estimate of drug-likeness (QED) is 0.777. The van der Waals surface area contributed by atoms with Gasteiger partial charge in [0, 0.05) is 12.6 Å². The van der Waals surface area contributed by atoms with Gasteiger partial charge >= 0.3 is 0 Å². The summed E-state index contributed by atoms with van der Waals surface area (Å²) in [7, 11) is 0. The van der Waals surface area contributed by atoms with Crippen molar-refractivity contribution < 1.29 is 14.3 Å². The average Bonchev–Trinajstić information content (AvgIpc) is 2.45. The highest BCUT2D eigenvalue weighted by Gasteiger charge is 2.22. The van der Waals surface area contributed by atoms with Gasteiger partial charge in [0.2, 0.25) is 5.91 Å². The first-order valence-corrected chi connectivity index (χ1v) is 7.10. The van der Waals surface area contributed by atoms with Crippen LogP contribution in [-0.4, -0.2) is 37.0 Å². The Balaban J connectivity index is 2.09. The number of fused-ring (bicyclic) bond motifs is 1. The van der Waals surface area contributed by atoms with E-state index in [9.17, 15) is 9.59 Å². The fourth-order valence-corrected chi connectivity index (χ4v) is 2.10. The van der Waals surface area contributed by atoms with E-state index in [-0.39, 0.29) is 17.9 Å². The fourth-order valence-electron chi connectivity index (χ4n) is 2.10. The van der Waals surface area contributed by atoms with Crippen molar-refractivity contribution in [2.75, 3.05) is 18.5 Å². The van der Waals surface area contributed by atoms with Crippen molar-refractivity contribution in [1.29, 1.82) is 0 Å². The second kappa shape index (κ2) is 6.47. The normalized spacial score (nSPS) is 14.5. The van der Waals surface area contributed by atoms with E-state index in [1.165, 1.54) is 0 Å². The van der Waals surface area contributed by atoms with Crippen LogP contribution in [0.5, 0.6) is 5.75 Å². The Hall–Kier alpha value is -2.24. The molecule has 1 aliphatic rings. The molecule has 1 aromatic carbocycles. The van der Waals surface area contributed by atoms with Gasteiger partial charge in [-0.05, 0) is 32.9 Å². The van der Waals surface area contributed by atoms with E-state index >= 15 is 0 Å². The number of ether oxygens (including phenoxy) is 1. The summed E-state index contributed by atoms with van der Waals surface area (Å²) in [6.07, 6.45) is 0. The summed E-state index contributed by atoms with van der Waals surface area (Å²) in [4.78, 5) is 24.2. The summed E-state index contributed by atoms with van der Waals surface area (Å²) in [5, 5.41) is 8.63. The zero-order valence-corrected chi connectivity index (χ0v) is 12.5. The molecule has 0 fully saturated rings. The van der Waals surface area contributed by atoms with Crippen LogP contribution < -0.4 is 20.7 Å². The number of para-hydroxylation sites is 1. The summed E-state index contributed by atoms with van der Waals surface area (Å²) in [5.41, 5.74) is 1.23. The molecule has 6 heteroatoms. The van der Waals surface area contributed by atoms with Crippen molar-refractivity contribution in [1.82, 2.24) is 10.6 Å². The molecule has 0 aliphatic carbocycles. The highest BCUT2D eigenvalue weighted by molar-refractivity contribution is 6.01. The summed E-state index contributed by atoms with van der Waals surface area (Å²) >= 11 is 0. The van der Waals surface area contributed by atoms with Gasteiger partial charge in [0.15, 0.2) is 5.75 Å². The molecule has 1 aliphatic heterocycles. The molecule has 0 saturated carbocycles. The third-order valence-electron chi connectivity index (χ3n) is 3.10. The highest BCUT2D eigenvalue weighted by atomic mass is 16.5. The maximum atomic E-state index is 12.3. The largest absolute Gasteiger partial charge is 0.489 e. The smallest absolute Gasteiger partial charge is 0.255 e. The van der Waals surface area contributed by atoms with Crippen LogP contribution in [0.3, 0.4) is 0 Å². The monoisotopic (exact) mass is 291 g/mol. The lowest BCUT2D eigenvalue weighted by molar-refractivity contribution is -0.123. The van der Waals surface area contributed by atoms with Gasteiger partial charge in [0.25, 0.3) is 5.91 Å². The van der Waals surface area contributed by atoms with Gasteiger partial charge in [-0.15, -0.1) is 0 Å².